The van der Waals surface area contributed by atoms with Crippen LogP contribution in [0.5, 0.6) is 5.75 Å². The highest BCUT2D eigenvalue weighted by Crippen LogP contribution is 2.31. The Morgan fingerprint density at radius 2 is 1.88 bits per heavy atom. The lowest BCUT2D eigenvalue weighted by Crippen LogP contribution is -2.12. The molecule has 3 heteroatoms. The number of hydrogen-bond acceptors (Lipinski definition) is 2. The quantitative estimate of drug-likeness (QED) is 0.813. The summed E-state index contributed by atoms with van der Waals surface area (Å²) in [6.07, 6.45) is 2.20. The van der Waals surface area contributed by atoms with Crippen molar-refractivity contribution < 1.29 is 14.6 Å². The molecule has 0 radical (unpaired) electrons. The van der Waals surface area contributed by atoms with Crippen LogP contribution in [0.25, 0.3) is 10.8 Å². The second-order valence-electron chi connectivity index (χ2n) is 3.99. The van der Waals surface area contributed by atoms with Gasteiger partial charge in [-0.1, -0.05) is 24.3 Å². The van der Waals surface area contributed by atoms with Crippen LogP contribution in [0.1, 0.15) is 5.56 Å². The summed E-state index contributed by atoms with van der Waals surface area (Å²) in [5.41, 5.74) is 1.02. The largest absolute Gasteiger partial charge is 0.475 e. The van der Waals surface area contributed by atoms with E-state index in [0.29, 0.717) is 12.2 Å². The zero-order valence-electron chi connectivity index (χ0n) is 9.01. The highest BCUT2D eigenvalue weighted by Gasteiger charge is 2.17. The first-order chi connectivity index (χ1) is 8.24. The molecule has 1 heterocycles. The molecular formula is C14H10O3. The van der Waals surface area contributed by atoms with E-state index in [1.165, 1.54) is 0 Å². The summed E-state index contributed by atoms with van der Waals surface area (Å²) < 4.78 is 5.36. The predicted molar refractivity (Wildman–Crippen MR) is 64.0 cm³/mol. The van der Waals surface area contributed by atoms with E-state index in [4.69, 9.17) is 9.84 Å². The SMILES string of the molecule is O=C(O)C1=CCc2cc3ccccc3cc2O1. The van der Waals surface area contributed by atoms with Crippen LogP contribution in [0.2, 0.25) is 0 Å². The molecule has 0 amide bonds. The molecule has 0 saturated carbocycles. The summed E-state index contributed by atoms with van der Waals surface area (Å²) in [4.78, 5) is 10.8. The number of rotatable bonds is 1. The summed E-state index contributed by atoms with van der Waals surface area (Å²) in [6, 6.07) is 11.9. The number of benzene rings is 2. The van der Waals surface area contributed by atoms with Crippen LogP contribution < -0.4 is 4.74 Å². The molecule has 0 spiro atoms. The van der Waals surface area contributed by atoms with E-state index in [-0.39, 0.29) is 5.76 Å². The van der Waals surface area contributed by atoms with Crippen LogP contribution in [0.15, 0.2) is 48.2 Å². The van der Waals surface area contributed by atoms with Gasteiger partial charge in [0.05, 0.1) is 0 Å². The molecule has 0 aromatic heterocycles. The zero-order valence-corrected chi connectivity index (χ0v) is 9.01. The molecule has 1 N–H and O–H groups in total. The molecule has 0 aliphatic carbocycles. The van der Waals surface area contributed by atoms with E-state index >= 15 is 0 Å². The molecular weight excluding hydrogens is 216 g/mol. The number of allylic oxidation sites excluding steroid dienone is 1. The molecule has 0 unspecified atom stereocenters. The zero-order chi connectivity index (χ0) is 11.8. The molecule has 0 saturated heterocycles. The Morgan fingerprint density at radius 1 is 1.18 bits per heavy atom. The van der Waals surface area contributed by atoms with Crippen LogP contribution in [0.3, 0.4) is 0 Å². The minimum atomic E-state index is -1.02. The molecule has 3 nitrogen and oxygen atoms in total. The van der Waals surface area contributed by atoms with Crippen molar-refractivity contribution in [2.75, 3.05) is 0 Å². The van der Waals surface area contributed by atoms with Crippen molar-refractivity contribution in [1.29, 1.82) is 0 Å². The first-order valence-electron chi connectivity index (χ1n) is 5.37. The lowest BCUT2D eigenvalue weighted by atomic mass is 10.0. The fourth-order valence-electron chi connectivity index (χ4n) is 2.01. The van der Waals surface area contributed by atoms with Gasteiger partial charge in [0.1, 0.15) is 5.75 Å². The predicted octanol–water partition coefficient (Wildman–Crippen LogP) is 2.74. The van der Waals surface area contributed by atoms with Gasteiger partial charge in [-0.25, -0.2) is 4.79 Å². The molecule has 0 bridgehead atoms. The third-order valence-corrected chi connectivity index (χ3v) is 2.87. The Bertz CT molecular complexity index is 641. The minimum Gasteiger partial charge on any atom is -0.475 e. The van der Waals surface area contributed by atoms with E-state index in [1.54, 1.807) is 6.08 Å². The van der Waals surface area contributed by atoms with Gasteiger partial charge in [0.25, 0.3) is 0 Å². The Labute approximate surface area is 97.9 Å². The fraction of sp³-hybridized carbons (Fsp3) is 0.0714. The average Bonchev–Trinajstić information content (AvgIpc) is 2.35. The number of aliphatic carboxylic acids is 1. The summed E-state index contributed by atoms with van der Waals surface area (Å²) in [7, 11) is 0. The Hall–Kier alpha value is -2.29. The third-order valence-electron chi connectivity index (χ3n) is 2.87. The van der Waals surface area contributed by atoms with Gasteiger partial charge in [-0.15, -0.1) is 0 Å². The van der Waals surface area contributed by atoms with Gasteiger partial charge >= 0.3 is 5.97 Å². The van der Waals surface area contributed by atoms with Gasteiger partial charge in [-0.3, -0.25) is 0 Å². The van der Waals surface area contributed by atoms with Crippen LogP contribution in [0, 0.1) is 0 Å². The number of carbonyl (C=O) groups is 1. The monoisotopic (exact) mass is 226 g/mol. The molecule has 2 aromatic carbocycles. The van der Waals surface area contributed by atoms with Crippen molar-refractivity contribution in [3.63, 3.8) is 0 Å². The first-order valence-corrected chi connectivity index (χ1v) is 5.37. The second-order valence-corrected chi connectivity index (χ2v) is 3.99. The third kappa shape index (κ3) is 1.65. The van der Waals surface area contributed by atoms with Crippen molar-refractivity contribution in [2.45, 2.75) is 6.42 Å². The maximum absolute atomic E-state index is 10.8. The van der Waals surface area contributed by atoms with Gasteiger partial charge in [-0.2, -0.15) is 0 Å². The van der Waals surface area contributed by atoms with Crippen LogP contribution in [-0.4, -0.2) is 11.1 Å². The highest BCUT2D eigenvalue weighted by atomic mass is 16.5. The van der Waals surface area contributed by atoms with E-state index in [0.717, 1.165) is 16.3 Å². The van der Waals surface area contributed by atoms with E-state index in [2.05, 4.69) is 0 Å². The Morgan fingerprint density at radius 3 is 2.59 bits per heavy atom. The minimum absolute atomic E-state index is 0.00720. The van der Waals surface area contributed by atoms with Gasteiger partial charge in [0.2, 0.25) is 5.76 Å². The Balaban J connectivity index is 2.12. The van der Waals surface area contributed by atoms with Crippen molar-refractivity contribution in [1.82, 2.24) is 0 Å². The molecule has 17 heavy (non-hydrogen) atoms. The fourth-order valence-corrected chi connectivity index (χ4v) is 2.01. The molecule has 1 aliphatic rings. The normalized spacial score (nSPS) is 13.8. The number of hydrogen-bond donors (Lipinski definition) is 1. The standard InChI is InChI=1S/C14H10O3/c15-14(16)12-6-5-11-7-9-3-1-2-4-10(9)8-13(11)17-12/h1-4,6-8H,5H2,(H,15,16). The maximum atomic E-state index is 10.8. The number of carboxylic acid groups (broad SMARTS) is 1. The number of fused-ring (bicyclic) bond motifs is 2. The highest BCUT2D eigenvalue weighted by molar-refractivity contribution is 5.88. The van der Waals surface area contributed by atoms with Gasteiger partial charge in [0, 0.05) is 0 Å². The average molecular weight is 226 g/mol. The summed E-state index contributed by atoms with van der Waals surface area (Å²) in [5, 5.41) is 11.1. The molecule has 1 aliphatic heterocycles. The van der Waals surface area contributed by atoms with Gasteiger partial charge in [0.15, 0.2) is 0 Å². The summed E-state index contributed by atoms with van der Waals surface area (Å²) in [5.74, 6) is -0.375. The lowest BCUT2D eigenvalue weighted by Gasteiger charge is -2.16. The van der Waals surface area contributed by atoms with E-state index in [9.17, 15) is 4.79 Å². The van der Waals surface area contributed by atoms with Crippen LogP contribution in [0.4, 0.5) is 0 Å². The number of ether oxygens (including phenoxy) is 1. The van der Waals surface area contributed by atoms with E-state index in [1.807, 2.05) is 36.4 Å². The van der Waals surface area contributed by atoms with Gasteiger partial charge < -0.3 is 9.84 Å². The maximum Gasteiger partial charge on any atom is 0.371 e. The van der Waals surface area contributed by atoms with Gasteiger partial charge in [-0.05, 0) is 41.0 Å². The van der Waals surface area contributed by atoms with Crippen molar-refractivity contribution in [2.24, 2.45) is 0 Å². The van der Waals surface area contributed by atoms with Crippen LogP contribution >= 0.6 is 0 Å². The molecule has 3 rings (SSSR count). The molecule has 84 valence electrons. The topological polar surface area (TPSA) is 46.5 Å². The lowest BCUT2D eigenvalue weighted by molar-refractivity contribution is -0.135. The van der Waals surface area contributed by atoms with E-state index < -0.39 is 5.97 Å². The second kappa shape index (κ2) is 3.63. The van der Waals surface area contributed by atoms with Crippen molar-refractivity contribution in [3.8, 4) is 5.75 Å². The number of carboxylic acids is 1. The molecule has 0 fully saturated rings. The van der Waals surface area contributed by atoms with Crippen molar-refractivity contribution >= 4 is 16.7 Å². The Kier molecular flexibility index (Phi) is 2.11. The summed E-state index contributed by atoms with van der Waals surface area (Å²) in [6.45, 7) is 0. The van der Waals surface area contributed by atoms with Crippen LogP contribution in [-0.2, 0) is 11.2 Å². The summed E-state index contributed by atoms with van der Waals surface area (Å²) >= 11 is 0. The molecule has 0 atom stereocenters. The molecule has 2 aromatic rings. The smallest absolute Gasteiger partial charge is 0.371 e. The first kappa shape index (κ1) is 9.90. The van der Waals surface area contributed by atoms with Crippen molar-refractivity contribution in [3.05, 3.63) is 53.8 Å².